The summed E-state index contributed by atoms with van der Waals surface area (Å²) >= 11 is 0. The third-order valence-electron chi connectivity index (χ3n) is 5.00. The second-order valence-electron chi connectivity index (χ2n) is 7.73. The van der Waals surface area contributed by atoms with E-state index in [4.69, 9.17) is 9.15 Å². The Morgan fingerprint density at radius 2 is 1.61 bits per heavy atom. The van der Waals surface area contributed by atoms with Crippen molar-refractivity contribution in [2.75, 3.05) is 32.6 Å². The largest absolute Gasteiger partial charge is 0.457 e. The average molecular weight is 471 g/mol. The van der Waals surface area contributed by atoms with E-state index in [0.29, 0.717) is 6.54 Å². The molecule has 3 rings (SSSR count). The third-order valence-corrected chi connectivity index (χ3v) is 6.69. The Morgan fingerprint density at radius 1 is 0.939 bits per heavy atom. The van der Waals surface area contributed by atoms with Gasteiger partial charge in [-0.25, -0.2) is 13.2 Å². The SMILES string of the molecule is CN(Cc1ccc(N(C)C)cc1)C(=O)COC(=O)c1occc1CS(=O)(=O)c1ccccc1. The Hall–Kier alpha value is -3.59. The van der Waals surface area contributed by atoms with Crippen LogP contribution in [0.15, 0.2) is 76.2 Å². The summed E-state index contributed by atoms with van der Waals surface area (Å²) in [5.74, 6) is -1.95. The predicted molar refractivity (Wildman–Crippen MR) is 124 cm³/mol. The molecule has 0 fully saturated rings. The lowest BCUT2D eigenvalue weighted by molar-refractivity contribution is -0.133. The third kappa shape index (κ3) is 6.23. The molecule has 0 atom stereocenters. The molecule has 0 aliphatic heterocycles. The number of benzene rings is 2. The highest BCUT2D eigenvalue weighted by Gasteiger charge is 2.24. The quantitative estimate of drug-likeness (QED) is 0.443. The topological polar surface area (TPSA) is 97.1 Å². The first-order valence-corrected chi connectivity index (χ1v) is 11.8. The highest BCUT2D eigenvalue weighted by molar-refractivity contribution is 7.90. The molecule has 0 aliphatic carbocycles. The van der Waals surface area contributed by atoms with E-state index in [1.54, 1.807) is 25.2 Å². The predicted octanol–water partition coefficient (Wildman–Crippen LogP) is 3.13. The normalized spacial score (nSPS) is 11.1. The van der Waals surface area contributed by atoms with Crippen molar-refractivity contribution in [3.8, 4) is 0 Å². The number of ether oxygens (including phenoxy) is 1. The molecule has 9 heteroatoms. The number of sulfone groups is 1. The summed E-state index contributed by atoms with van der Waals surface area (Å²) in [4.78, 5) is 28.4. The maximum atomic E-state index is 12.6. The molecule has 0 saturated heterocycles. The zero-order chi connectivity index (χ0) is 24.0. The Balaban J connectivity index is 1.57. The summed E-state index contributed by atoms with van der Waals surface area (Å²) in [7, 11) is 1.83. The van der Waals surface area contributed by atoms with Crippen LogP contribution in [0.25, 0.3) is 0 Å². The first-order chi connectivity index (χ1) is 15.7. The fourth-order valence-electron chi connectivity index (χ4n) is 3.11. The van der Waals surface area contributed by atoms with E-state index in [1.165, 1.54) is 29.4 Å². The number of amides is 1. The van der Waals surface area contributed by atoms with Crippen LogP contribution in [0.2, 0.25) is 0 Å². The van der Waals surface area contributed by atoms with Gasteiger partial charge in [-0.1, -0.05) is 30.3 Å². The van der Waals surface area contributed by atoms with Crippen LogP contribution in [0.4, 0.5) is 5.69 Å². The van der Waals surface area contributed by atoms with Crippen LogP contribution in [0.1, 0.15) is 21.7 Å². The number of likely N-dealkylation sites (N-methyl/N-ethyl adjacent to an activating group) is 1. The minimum absolute atomic E-state index is 0.140. The maximum Gasteiger partial charge on any atom is 0.375 e. The zero-order valence-electron chi connectivity index (χ0n) is 18.7. The molecule has 0 saturated carbocycles. The van der Waals surface area contributed by atoms with Crippen LogP contribution >= 0.6 is 0 Å². The van der Waals surface area contributed by atoms with Crippen LogP contribution in [-0.4, -0.2) is 52.9 Å². The van der Waals surface area contributed by atoms with Crippen molar-refractivity contribution in [2.45, 2.75) is 17.2 Å². The summed E-state index contributed by atoms with van der Waals surface area (Å²) in [6.07, 6.45) is 1.22. The molecule has 174 valence electrons. The van der Waals surface area contributed by atoms with Gasteiger partial charge in [-0.3, -0.25) is 4.79 Å². The van der Waals surface area contributed by atoms with Crippen LogP contribution in [0.3, 0.4) is 0 Å². The van der Waals surface area contributed by atoms with E-state index < -0.39 is 34.1 Å². The van der Waals surface area contributed by atoms with Gasteiger partial charge in [0.2, 0.25) is 5.76 Å². The fourth-order valence-corrected chi connectivity index (χ4v) is 4.48. The maximum absolute atomic E-state index is 12.6. The van der Waals surface area contributed by atoms with E-state index in [-0.39, 0.29) is 16.2 Å². The van der Waals surface area contributed by atoms with Gasteiger partial charge in [0, 0.05) is 38.9 Å². The minimum atomic E-state index is -3.67. The molecular formula is C24H26N2O6S. The molecule has 2 aromatic carbocycles. The summed E-state index contributed by atoms with van der Waals surface area (Å²) in [5, 5.41) is 0. The van der Waals surface area contributed by atoms with Gasteiger partial charge >= 0.3 is 5.97 Å². The van der Waals surface area contributed by atoms with Crippen LogP contribution < -0.4 is 4.90 Å². The van der Waals surface area contributed by atoms with E-state index in [0.717, 1.165) is 11.3 Å². The molecular weight excluding hydrogens is 444 g/mol. The first kappa shape index (κ1) is 24.1. The van der Waals surface area contributed by atoms with E-state index in [9.17, 15) is 18.0 Å². The number of furan rings is 1. The summed E-state index contributed by atoms with van der Waals surface area (Å²) in [5.41, 5.74) is 2.15. The van der Waals surface area contributed by atoms with E-state index in [2.05, 4.69) is 0 Å². The van der Waals surface area contributed by atoms with Gasteiger partial charge in [-0.2, -0.15) is 0 Å². The van der Waals surface area contributed by atoms with Gasteiger partial charge in [0.25, 0.3) is 5.91 Å². The van der Waals surface area contributed by atoms with Gasteiger partial charge in [-0.15, -0.1) is 0 Å². The van der Waals surface area contributed by atoms with Crippen molar-refractivity contribution in [3.63, 3.8) is 0 Å². The monoisotopic (exact) mass is 470 g/mol. The number of hydrogen-bond donors (Lipinski definition) is 0. The summed E-state index contributed by atoms with van der Waals surface area (Å²) < 4.78 is 35.5. The first-order valence-electron chi connectivity index (χ1n) is 10.2. The van der Waals surface area contributed by atoms with Gasteiger partial charge in [0.05, 0.1) is 16.9 Å². The number of nitrogens with zero attached hydrogens (tertiary/aromatic N) is 2. The van der Waals surface area contributed by atoms with Crippen molar-refractivity contribution >= 4 is 27.4 Å². The Kier molecular flexibility index (Phi) is 7.55. The molecule has 1 aromatic heterocycles. The lowest BCUT2D eigenvalue weighted by Crippen LogP contribution is -2.31. The smallest absolute Gasteiger partial charge is 0.375 e. The molecule has 0 N–H and O–H groups in total. The highest BCUT2D eigenvalue weighted by Crippen LogP contribution is 2.20. The molecule has 33 heavy (non-hydrogen) atoms. The van der Waals surface area contributed by atoms with Crippen molar-refractivity contribution in [2.24, 2.45) is 0 Å². The zero-order valence-corrected chi connectivity index (χ0v) is 19.5. The number of hydrogen-bond acceptors (Lipinski definition) is 7. The second kappa shape index (κ2) is 10.4. The average Bonchev–Trinajstić information content (AvgIpc) is 3.25. The van der Waals surface area contributed by atoms with Crippen LogP contribution in [0.5, 0.6) is 0 Å². The van der Waals surface area contributed by atoms with Gasteiger partial charge in [-0.05, 0) is 35.9 Å². The molecule has 0 aliphatic rings. The lowest BCUT2D eigenvalue weighted by Gasteiger charge is -2.18. The van der Waals surface area contributed by atoms with E-state index in [1.807, 2.05) is 43.3 Å². The lowest BCUT2D eigenvalue weighted by atomic mass is 10.2. The fraction of sp³-hybridized carbons (Fsp3) is 0.250. The number of esters is 1. The van der Waals surface area contributed by atoms with Crippen molar-refractivity contribution < 1.29 is 27.2 Å². The number of rotatable bonds is 9. The molecule has 1 heterocycles. The van der Waals surface area contributed by atoms with E-state index >= 15 is 0 Å². The minimum Gasteiger partial charge on any atom is -0.457 e. The molecule has 0 spiro atoms. The summed E-state index contributed by atoms with van der Waals surface area (Å²) in [6, 6.07) is 17.1. The van der Waals surface area contributed by atoms with Gasteiger partial charge in [0.15, 0.2) is 16.4 Å². The van der Waals surface area contributed by atoms with Gasteiger partial charge < -0.3 is 19.0 Å². The molecule has 0 unspecified atom stereocenters. The molecule has 1 amide bonds. The standard InChI is InChI=1S/C24H26N2O6S/c1-25(2)20-11-9-18(10-12-20)15-26(3)22(27)16-32-24(28)23-19(13-14-31-23)17-33(29,30)21-7-5-4-6-8-21/h4-14H,15-17H2,1-3H3. The Bertz CT molecular complexity index is 1200. The second-order valence-corrected chi connectivity index (χ2v) is 9.72. The van der Waals surface area contributed by atoms with Gasteiger partial charge in [0.1, 0.15) is 0 Å². The van der Waals surface area contributed by atoms with Crippen LogP contribution in [-0.2, 0) is 31.7 Å². The van der Waals surface area contributed by atoms with Crippen molar-refractivity contribution in [1.29, 1.82) is 0 Å². The molecule has 0 bridgehead atoms. The Morgan fingerprint density at radius 3 is 2.24 bits per heavy atom. The molecule has 0 radical (unpaired) electrons. The van der Waals surface area contributed by atoms with Crippen molar-refractivity contribution in [3.05, 3.63) is 83.8 Å². The number of carbonyl (C=O) groups excluding carboxylic acids is 2. The molecule has 8 nitrogen and oxygen atoms in total. The van der Waals surface area contributed by atoms with Crippen LogP contribution in [0, 0.1) is 0 Å². The number of carbonyl (C=O) groups is 2. The van der Waals surface area contributed by atoms with Crippen molar-refractivity contribution in [1.82, 2.24) is 4.90 Å². The Labute approximate surface area is 193 Å². The number of anilines is 1. The highest BCUT2D eigenvalue weighted by atomic mass is 32.2. The molecule has 3 aromatic rings. The summed E-state index contributed by atoms with van der Waals surface area (Å²) in [6.45, 7) is -0.137.